The van der Waals surface area contributed by atoms with Crippen molar-refractivity contribution in [3.05, 3.63) is 76.4 Å². The van der Waals surface area contributed by atoms with Crippen LogP contribution in [0, 0.1) is 3.57 Å². The first-order chi connectivity index (χ1) is 10.2. The van der Waals surface area contributed by atoms with Gasteiger partial charge in [0.25, 0.3) is 0 Å². The number of aromatic nitrogens is 2. The van der Waals surface area contributed by atoms with E-state index in [1.54, 1.807) is 6.20 Å². The molecule has 0 fully saturated rings. The minimum absolute atomic E-state index is 0.266. The molecule has 21 heavy (non-hydrogen) atoms. The van der Waals surface area contributed by atoms with E-state index in [1.165, 1.54) is 9.13 Å². The molecule has 3 aromatic rings. The second kappa shape index (κ2) is 6.30. The van der Waals surface area contributed by atoms with Crippen LogP contribution in [0.4, 0.5) is 5.69 Å². The van der Waals surface area contributed by atoms with Crippen molar-refractivity contribution >= 4 is 28.3 Å². The third kappa shape index (κ3) is 3.44. The molecule has 1 N–H and O–H groups in total. The van der Waals surface area contributed by atoms with Crippen molar-refractivity contribution in [1.82, 2.24) is 9.55 Å². The predicted octanol–water partition coefficient (Wildman–Crippen LogP) is 4.65. The second-order valence-electron chi connectivity index (χ2n) is 4.93. The Morgan fingerprint density at radius 2 is 1.76 bits per heavy atom. The van der Waals surface area contributed by atoms with Gasteiger partial charge in [-0.2, -0.15) is 0 Å². The summed E-state index contributed by atoms with van der Waals surface area (Å²) in [6.45, 7) is 2.17. The number of halogens is 1. The van der Waals surface area contributed by atoms with Gasteiger partial charge >= 0.3 is 0 Å². The second-order valence-corrected chi connectivity index (χ2v) is 6.18. The first-order valence-electron chi connectivity index (χ1n) is 6.83. The highest BCUT2D eigenvalue weighted by Gasteiger charge is 2.05. The quantitative estimate of drug-likeness (QED) is 0.659. The van der Waals surface area contributed by atoms with Crippen LogP contribution in [0.5, 0.6) is 0 Å². The van der Waals surface area contributed by atoms with Crippen LogP contribution >= 0.6 is 22.6 Å². The molecule has 4 heteroatoms. The summed E-state index contributed by atoms with van der Waals surface area (Å²) < 4.78 is 3.25. The number of benzene rings is 2. The molecule has 1 atom stereocenters. The van der Waals surface area contributed by atoms with Crippen molar-refractivity contribution < 1.29 is 0 Å². The average molecular weight is 389 g/mol. The molecule has 3 rings (SSSR count). The molecule has 0 aliphatic carbocycles. The molecule has 3 nitrogen and oxygen atoms in total. The lowest BCUT2D eigenvalue weighted by Gasteiger charge is -2.16. The Morgan fingerprint density at radius 3 is 2.38 bits per heavy atom. The number of nitrogens with zero attached hydrogens (tertiary/aromatic N) is 2. The Labute approximate surface area is 138 Å². The smallest absolute Gasteiger partial charge is 0.0991 e. The van der Waals surface area contributed by atoms with Gasteiger partial charge in [-0.3, -0.25) is 0 Å². The van der Waals surface area contributed by atoms with E-state index in [4.69, 9.17) is 0 Å². The maximum atomic E-state index is 4.07. The standard InChI is InChI=1S/C17H16IN3/c1-13(20-16-6-4-15(18)5-7-16)14-2-8-17(9-3-14)21-11-10-19-12-21/h2-13,20H,1H3. The fourth-order valence-corrected chi connectivity index (χ4v) is 2.59. The number of hydrogen-bond acceptors (Lipinski definition) is 2. The summed E-state index contributed by atoms with van der Waals surface area (Å²) in [6.07, 6.45) is 5.54. The Bertz CT molecular complexity index is 688. The maximum absolute atomic E-state index is 4.07. The summed E-state index contributed by atoms with van der Waals surface area (Å²) in [6, 6.07) is 17.2. The molecular formula is C17H16IN3. The molecule has 0 aliphatic rings. The number of nitrogens with one attached hydrogen (secondary N) is 1. The predicted molar refractivity (Wildman–Crippen MR) is 94.8 cm³/mol. The highest BCUT2D eigenvalue weighted by atomic mass is 127. The van der Waals surface area contributed by atoms with Crippen molar-refractivity contribution in [2.75, 3.05) is 5.32 Å². The fourth-order valence-electron chi connectivity index (χ4n) is 2.23. The fraction of sp³-hybridized carbons (Fsp3) is 0.118. The lowest BCUT2D eigenvalue weighted by atomic mass is 10.1. The number of imidazole rings is 1. The van der Waals surface area contributed by atoms with Crippen molar-refractivity contribution in [2.24, 2.45) is 0 Å². The normalized spacial score (nSPS) is 12.1. The van der Waals surface area contributed by atoms with Gasteiger partial charge in [0.05, 0.1) is 6.33 Å². The molecule has 0 amide bonds. The molecule has 0 aliphatic heterocycles. The Morgan fingerprint density at radius 1 is 1.05 bits per heavy atom. The van der Waals surface area contributed by atoms with E-state index in [0.29, 0.717) is 0 Å². The van der Waals surface area contributed by atoms with Gasteiger partial charge in [0.1, 0.15) is 0 Å². The summed E-state index contributed by atoms with van der Waals surface area (Å²) in [5.41, 5.74) is 3.52. The Balaban J connectivity index is 1.73. The van der Waals surface area contributed by atoms with Gasteiger partial charge in [0.2, 0.25) is 0 Å². The third-order valence-corrected chi connectivity index (χ3v) is 4.14. The molecule has 0 saturated carbocycles. The van der Waals surface area contributed by atoms with Crippen molar-refractivity contribution in [2.45, 2.75) is 13.0 Å². The van der Waals surface area contributed by atoms with E-state index in [1.807, 2.05) is 17.1 Å². The first-order valence-corrected chi connectivity index (χ1v) is 7.90. The zero-order valence-corrected chi connectivity index (χ0v) is 13.9. The van der Waals surface area contributed by atoms with E-state index in [0.717, 1.165) is 11.4 Å². The van der Waals surface area contributed by atoms with Crippen LogP contribution in [0.25, 0.3) is 5.69 Å². The van der Waals surface area contributed by atoms with Gasteiger partial charge in [-0.25, -0.2) is 4.98 Å². The number of anilines is 1. The van der Waals surface area contributed by atoms with E-state index >= 15 is 0 Å². The molecule has 0 saturated heterocycles. The lowest BCUT2D eigenvalue weighted by Crippen LogP contribution is -2.06. The van der Waals surface area contributed by atoms with Crippen LogP contribution in [0.2, 0.25) is 0 Å². The lowest BCUT2D eigenvalue weighted by molar-refractivity contribution is 0.882. The molecule has 1 aromatic heterocycles. The van der Waals surface area contributed by atoms with Crippen LogP contribution < -0.4 is 5.32 Å². The molecule has 0 spiro atoms. The van der Waals surface area contributed by atoms with Gasteiger partial charge in [-0.1, -0.05) is 12.1 Å². The largest absolute Gasteiger partial charge is 0.379 e. The van der Waals surface area contributed by atoms with Crippen LogP contribution in [0.1, 0.15) is 18.5 Å². The van der Waals surface area contributed by atoms with Crippen LogP contribution in [0.3, 0.4) is 0 Å². The van der Waals surface area contributed by atoms with Crippen LogP contribution in [-0.2, 0) is 0 Å². The Hall–Kier alpha value is -1.82. The number of hydrogen-bond donors (Lipinski definition) is 1. The zero-order chi connectivity index (χ0) is 14.7. The summed E-state index contributed by atoms with van der Waals surface area (Å²) in [5.74, 6) is 0. The van der Waals surface area contributed by atoms with Crippen LogP contribution in [-0.4, -0.2) is 9.55 Å². The van der Waals surface area contributed by atoms with E-state index in [2.05, 4.69) is 88.3 Å². The van der Waals surface area contributed by atoms with Gasteiger partial charge in [-0.05, 0) is 71.5 Å². The van der Waals surface area contributed by atoms with E-state index in [9.17, 15) is 0 Å². The minimum Gasteiger partial charge on any atom is -0.379 e. The van der Waals surface area contributed by atoms with Crippen molar-refractivity contribution in [3.63, 3.8) is 0 Å². The van der Waals surface area contributed by atoms with Crippen molar-refractivity contribution in [1.29, 1.82) is 0 Å². The molecule has 1 unspecified atom stereocenters. The van der Waals surface area contributed by atoms with Gasteiger partial charge in [-0.15, -0.1) is 0 Å². The molecule has 0 bridgehead atoms. The molecule has 2 aromatic carbocycles. The zero-order valence-electron chi connectivity index (χ0n) is 11.7. The number of rotatable bonds is 4. The van der Waals surface area contributed by atoms with Crippen molar-refractivity contribution in [3.8, 4) is 5.69 Å². The van der Waals surface area contributed by atoms with E-state index in [-0.39, 0.29) is 6.04 Å². The molecular weight excluding hydrogens is 373 g/mol. The minimum atomic E-state index is 0.266. The summed E-state index contributed by atoms with van der Waals surface area (Å²) in [7, 11) is 0. The molecule has 1 heterocycles. The summed E-state index contributed by atoms with van der Waals surface area (Å²) in [5, 5.41) is 3.52. The molecule has 106 valence electrons. The monoisotopic (exact) mass is 389 g/mol. The highest BCUT2D eigenvalue weighted by molar-refractivity contribution is 14.1. The van der Waals surface area contributed by atoms with Gasteiger partial charge in [0.15, 0.2) is 0 Å². The van der Waals surface area contributed by atoms with E-state index < -0.39 is 0 Å². The van der Waals surface area contributed by atoms with Gasteiger partial charge < -0.3 is 9.88 Å². The Kier molecular flexibility index (Phi) is 4.24. The SMILES string of the molecule is CC(Nc1ccc(I)cc1)c1ccc(-n2ccnc2)cc1. The maximum Gasteiger partial charge on any atom is 0.0991 e. The summed E-state index contributed by atoms with van der Waals surface area (Å²) >= 11 is 2.32. The van der Waals surface area contributed by atoms with Gasteiger partial charge in [0, 0.05) is 33.4 Å². The molecule has 0 radical (unpaired) electrons. The van der Waals surface area contributed by atoms with Crippen LogP contribution in [0.15, 0.2) is 67.3 Å². The summed E-state index contributed by atoms with van der Waals surface area (Å²) in [4.78, 5) is 4.07. The average Bonchev–Trinajstić information content (AvgIpc) is 3.04. The first kappa shape index (κ1) is 14.1. The third-order valence-electron chi connectivity index (χ3n) is 3.42. The topological polar surface area (TPSA) is 29.9 Å². The highest BCUT2D eigenvalue weighted by Crippen LogP contribution is 2.21.